The minimum atomic E-state index is -0.00338. The molecule has 1 heterocycles. The van der Waals surface area contributed by atoms with Gasteiger partial charge in [-0.05, 0) is 19.9 Å². The van der Waals surface area contributed by atoms with Crippen LogP contribution in [0.3, 0.4) is 0 Å². The maximum atomic E-state index is 5.70. The number of rotatable bonds is 5. The van der Waals surface area contributed by atoms with Crippen LogP contribution in [0, 0.1) is 13.8 Å². The summed E-state index contributed by atoms with van der Waals surface area (Å²) in [5.74, 6) is 6.55. The van der Waals surface area contributed by atoms with Crippen molar-refractivity contribution in [3.8, 4) is 5.75 Å². The van der Waals surface area contributed by atoms with Gasteiger partial charge in [-0.25, -0.2) is 4.98 Å². The maximum absolute atomic E-state index is 5.70. The Morgan fingerprint density at radius 1 is 1.42 bits per heavy atom. The maximum Gasteiger partial charge on any atom is 0.123 e. The van der Waals surface area contributed by atoms with Crippen LogP contribution in [0.25, 0.3) is 0 Å². The zero-order chi connectivity index (χ0) is 13.8. The third-order valence-corrected chi connectivity index (χ3v) is 3.86. The molecule has 0 amide bonds. The van der Waals surface area contributed by atoms with Crippen molar-refractivity contribution < 1.29 is 4.74 Å². The van der Waals surface area contributed by atoms with Gasteiger partial charge in [0.05, 0.1) is 23.9 Å². The number of aryl methyl sites for hydroxylation is 2. The Kier molecular flexibility index (Phi) is 4.52. The Morgan fingerprint density at radius 3 is 2.79 bits per heavy atom. The molecule has 1 aromatic heterocycles. The number of nitrogens with two attached hydrogens (primary N) is 1. The highest BCUT2D eigenvalue weighted by Gasteiger charge is 2.17. The molecule has 5 heteroatoms. The second kappa shape index (κ2) is 6.14. The van der Waals surface area contributed by atoms with Gasteiger partial charge in [0.15, 0.2) is 0 Å². The van der Waals surface area contributed by atoms with Gasteiger partial charge in [-0.3, -0.25) is 11.3 Å². The van der Waals surface area contributed by atoms with E-state index in [2.05, 4.69) is 28.8 Å². The molecule has 4 nitrogen and oxygen atoms in total. The molecule has 0 radical (unpaired) electrons. The van der Waals surface area contributed by atoms with E-state index in [1.165, 1.54) is 5.56 Å². The second-order valence-corrected chi connectivity index (χ2v) is 5.59. The van der Waals surface area contributed by atoms with E-state index in [-0.39, 0.29) is 6.04 Å². The van der Waals surface area contributed by atoms with Crippen LogP contribution < -0.4 is 16.0 Å². The van der Waals surface area contributed by atoms with Crippen LogP contribution in [0.1, 0.15) is 27.9 Å². The second-order valence-electron chi connectivity index (χ2n) is 4.53. The molecular formula is C14H19N3OS. The number of benzene rings is 1. The zero-order valence-electron chi connectivity index (χ0n) is 11.4. The SMILES string of the molecule is COc1ccc(C)cc1C(Cc1csc(C)n1)NN. The van der Waals surface area contributed by atoms with Gasteiger partial charge in [0.1, 0.15) is 5.75 Å². The molecule has 0 aliphatic heterocycles. The zero-order valence-corrected chi connectivity index (χ0v) is 12.3. The number of thiazole rings is 1. The van der Waals surface area contributed by atoms with Gasteiger partial charge in [-0.1, -0.05) is 17.7 Å². The Balaban J connectivity index is 2.28. The predicted octanol–water partition coefficient (Wildman–Crippen LogP) is 2.52. The summed E-state index contributed by atoms with van der Waals surface area (Å²) in [5, 5.41) is 3.14. The molecule has 0 saturated carbocycles. The Labute approximate surface area is 117 Å². The first-order chi connectivity index (χ1) is 9.13. The van der Waals surface area contributed by atoms with E-state index >= 15 is 0 Å². The van der Waals surface area contributed by atoms with Crippen molar-refractivity contribution in [2.45, 2.75) is 26.3 Å². The Morgan fingerprint density at radius 2 is 2.21 bits per heavy atom. The fourth-order valence-electron chi connectivity index (χ4n) is 2.10. The minimum Gasteiger partial charge on any atom is -0.496 e. The smallest absolute Gasteiger partial charge is 0.123 e. The summed E-state index contributed by atoms with van der Waals surface area (Å²) < 4.78 is 5.41. The lowest BCUT2D eigenvalue weighted by molar-refractivity contribution is 0.398. The van der Waals surface area contributed by atoms with E-state index in [0.717, 1.165) is 28.4 Å². The fraction of sp³-hybridized carbons (Fsp3) is 0.357. The molecule has 1 unspecified atom stereocenters. The molecule has 0 bridgehead atoms. The molecule has 0 spiro atoms. The molecular weight excluding hydrogens is 258 g/mol. The van der Waals surface area contributed by atoms with Crippen molar-refractivity contribution in [2.75, 3.05) is 7.11 Å². The molecule has 0 aliphatic carbocycles. The topological polar surface area (TPSA) is 60.2 Å². The quantitative estimate of drug-likeness (QED) is 0.651. The van der Waals surface area contributed by atoms with Gasteiger partial charge < -0.3 is 4.74 Å². The Bertz CT molecular complexity index is 553. The molecule has 19 heavy (non-hydrogen) atoms. The fourth-order valence-corrected chi connectivity index (χ4v) is 2.72. The lowest BCUT2D eigenvalue weighted by Gasteiger charge is -2.19. The first-order valence-corrected chi connectivity index (χ1v) is 7.03. The minimum absolute atomic E-state index is 0.00338. The molecule has 0 fully saturated rings. The van der Waals surface area contributed by atoms with E-state index in [4.69, 9.17) is 10.6 Å². The van der Waals surface area contributed by atoms with Crippen molar-refractivity contribution >= 4 is 11.3 Å². The molecule has 2 rings (SSSR count). The molecule has 3 N–H and O–H groups in total. The number of ether oxygens (including phenoxy) is 1. The van der Waals surface area contributed by atoms with Crippen molar-refractivity contribution in [2.24, 2.45) is 5.84 Å². The van der Waals surface area contributed by atoms with Gasteiger partial charge >= 0.3 is 0 Å². The normalized spacial score (nSPS) is 12.4. The van der Waals surface area contributed by atoms with Gasteiger partial charge in [0.25, 0.3) is 0 Å². The van der Waals surface area contributed by atoms with Crippen LogP contribution in [-0.4, -0.2) is 12.1 Å². The van der Waals surface area contributed by atoms with E-state index in [1.54, 1.807) is 18.4 Å². The first-order valence-electron chi connectivity index (χ1n) is 6.15. The number of hydrogen-bond acceptors (Lipinski definition) is 5. The van der Waals surface area contributed by atoms with E-state index in [1.807, 2.05) is 19.1 Å². The average molecular weight is 277 g/mol. The summed E-state index contributed by atoms with van der Waals surface area (Å²) in [4.78, 5) is 4.48. The average Bonchev–Trinajstić information content (AvgIpc) is 2.81. The number of hydrogen-bond donors (Lipinski definition) is 2. The number of methoxy groups -OCH3 is 1. The van der Waals surface area contributed by atoms with Gasteiger partial charge in [-0.15, -0.1) is 11.3 Å². The number of aromatic nitrogens is 1. The molecule has 0 aliphatic rings. The van der Waals surface area contributed by atoms with Crippen LogP contribution in [0.2, 0.25) is 0 Å². The molecule has 2 aromatic rings. The van der Waals surface area contributed by atoms with Crippen LogP contribution in [0.5, 0.6) is 5.75 Å². The predicted molar refractivity (Wildman–Crippen MR) is 78.4 cm³/mol. The van der Waals surface area contributed by atoms with Gasteiger partial charge in [0, 0.05) is 17.4 Å². The first kappa shape index (κ1) is 14.0. The summed E-state index contributed by atoms with van der Waals surface area (Å²) in [6.07, 6.45) is 0.751. The standard InChI is InChI=1S/C14H19N3OS/c1-9-4-5-14(18-3)12(6-9)13(17-15)7-11-8-19-10(2)16-11/h4-6,8,13,17H,7,15H2,1-3H3. The summed E-state index contributed by atoms with van der Waals surface area (Å²) in [5.41, 5.74) is 6.16. The number of nitrogens with zero attached hydrogens (tertiary/aromatic N) is 1. The highest BCUT2D eigenvalue weighted by molar-refractivity contribution is 7.09. The number of nitrogens with one attached hydrogen (secondary N) is 1. The van der Waals surface area contributed by atoms with Crippen LogP contribution >= 0.6 is 11.3 Å². The lowest BCUT2D eigenvalue weighted by Crippen LogP contribution is -2.30. The van der Waals surface area contributed by atoms with Crippen LogP contribution in [0.15, 0.2) is 23.6 Å². The van der Waals surface area contributed by atoms with Gasteiger partial charge in [0.2, 0.25) is 0 Å². The van der Waals surface area contributed by atoms with Crippen molar-refractivity contribution in [1.82, 2.24) is 10.4 Å². The third kappa shape index (κ3) is 3.32. The summed E-state index contributed by atoms with van der Waals surface area (Å²) in [6.45, 7) is 4.07. The van der Waals surface area contributed by atoms with E-state index in [9.17, 15) is 0 Å². The highest BCUT2D eigenvalue weighted by atomic mass is 32.1. The van der Waals surface area contributed by atoms with Crippen molar-refractivity contribution in [1.29, 1.82) is 0 Å². The lowest BCUT2D eigenvalue weighted by atomic mass is 10.00. The Hall–Kier alpha value is -1.43. The molecule has 102 valence electrons. The molecule has 0 saturated heterocycles. The van der Waals surface area contributed by atoms with E-state index < -0.39 is 0 Å². The van der Waals surface area contributed by atoms with Crippen LogP contribution in [0.4, 0.5) is 0 Å². The highest BCUT2D eigenvalue weighted by Crippen LogP contribution is 2.28. The van der Waals surface area contributed by atoms with Crippen molar-refractivity contribution in [3.05, 3.63) is 45.4 Å². The third-order valence-electron chi connectivity index (χ3n) is 3.04. The number of hydrazine groups is 1. The summed E-state index contributed by atoms with van der Waals surface area (Å²) >= 11 is 1.65. The molecule has 1 aromatic carbocycles. The summed E-state index contributed by atoms with van der Waals surface area (Å²) in [7, 11) is 1.68. The largest absolute Gasteiger partial charge is 0.496 e. The molecule has 1 atom stereocenters. The van der Waals surface area contributed by atoms with E-state index in [0.29, 0.717) is 0 Å². The van der Waals surface area contributed by atoms with Crippen molar-refractivity contribution in [3.63, 3.8) is 0 Å². The summed E-state index contributed by atoms with van der Waals surface area (Å²) in [6, 6.07) is 6.10. The van der Waals surface area contributed by atoms with Crippen LogP contribution in [-0.2, 0) is 6.42 Å². The monoisotopic (exact) mass is 277 g/mol. The van der Waals surface area contributed by atoms with Gasteiger partial charge in [-0.2, -0.15) is 0 Å².